The lowest BCUT2D eigenvalue weighted by Crippen LogP contribution is -2.27. The smallest absolute Gasteiger partial charge is 0.251 e. The fraction of sp³-hybridized carbons (Fsp3) is 0.167. The summed E-state index contributed by atoms with van der Waals surface area (Å²) in [4.78, 5) is 25.4. The number of carbonyl (C=O) groups excluding carboxylic acids is 2. The molecule has 1 amide bonds. The summed E-state index contributed by atoms with van der Waals surface area (Å²) in [5.41, 5.74) is 2.61. The summed E-state index contributed by atoms with van der Waals surface area (Å²) >= 11 is 0. The van der Waals surface area contributed by atoms with Crippen LogP contribution in [-0.2, 0) is 16.3 Å². The third kappa shape index (κ3) is 3.33. The van der Waals surface area contributed by atoms with Crippen molar-refractivity contribution < 1.29 is 18.0 Å². The van der Waals surface area contributed by atoms with Crippen molar-refractivity contribution in [2.75, 3.05) is 0 Å². The highest BCUT2D eigenvalue weighted by molar-refractivity contribution is 7.91. The molecule has 3 aromatic rings. The summed E-state index contributed by atoms with van der Waals surface area (Å²) in [7, 11) is -3.88. The molecule has 0 saturated heterocycles. The molecule has 0 aromatic heterocycles. The van der Waals surface area contributed by atoms with E-state index in [0.29, 0.717) is 0 Å². The molecule has 0 radical (unpaired) electrons. The molecular weight excluding hydrogens is 398 g/mol. The van der Waals surface area contributed by atoms with Gasteiger partial charge in [0.25, 0.3) is 5.91 Å². The van der Waals surface area contributed by atoms with Crippen molar-refractivity contribution in [3.63, 3.8) is 0 Å². The van der Waals surface area contributed by atoms with E-state index in [9.17, 15) is 18.0 Å². The predicted octanol–water partition coefficient (Wildman–Crippen LogP) is 4.12. The average molecular weight is 420 g/mol. The van der Waals surface area contributed by atoms with E-state index < -0.39 is 15.7 Å². The molecule has 30 heavy (non-hydrogen) atoms. The minimum absolute atomic E-state index is 0.0237. The van der Waals surface area contributed by atoms with E-state index in [0.717, 1.165) is 12.0 Å². The summed E-state index contributed by atoms with van der Waals surface area (Å²) in [5, 5.41) is 2.90. The highest BCUT2D eigenvalue weighted by Gasteiger charge is 2.35. The Labute approximate surface area is 175 Å². The Morgan fingerprint density at radius 1 is 0.933 bits per heavy atom. The topological polar surface area (TPSA) is 80.3 Å². The van der Waals surface area contributed by atoms with E-state index in [4.69, 9.17) is 0 Å². The lowest BCUT2D eigenvalue weighted by Gasteiger charge is -2.20. The normalized spacial score (nSPS) is 15.1. The van der Waals surface area contributed by atoms with E-state index in [1.54, 1.807) is 12.1 Å². The number of aryl methyl sites for hydroxylation is 1. The number of hydrogen-bond acceptors (Lipinski definition) is 4. The third-order valence-corrected chi connectivity index (χ3v) is 7.29. The number of carbonyl (C=O) groups is 2. The van der Waals surface area contributed by atoms with Crippen molar-refractivity contribution in [1.29, 1.82) is 0 Å². The number of benzene rings is 3. The van der Waals surface area contributed by atoms with E-state index in [1.165, 1.54) is 35.9 Å². The van der Waals surface area contributed by atoms with Gasteiger partial charge < -0.3 is 5.32 Å². The molecule has 0 spiro atoms. The molecule has 152 valence electrons. The summed E-state index contributed by atoms with van der Waals surface area (Å²) in [5.74, 6) is -0.752. The van der Waals surface area contributed by atoms with Crippen LogP contribution in [0.5, 0.6) is 0 Å². The molecule has 0 aliphatic carbocycles. The predicted molar refractivity (Wildman–Crippen MR) is 113 cm³/mol. The fourth-order valence-electron chi connectivity index (χ4n) is 3.63. The van der Waals surface area contributed by atoms with Gasteiger partial charge in [-0.2, -0.15) is 0 Å². The minimum Gasteiger partial charge on any atom is -0.346 e. The van der Waals surface area contributed by atoms with Crippen LogP contribution < -0.4 is 5.32 Å². The van der Waals surface area contributed by atoms with E-state index in [-0.39, 0.29) is 38.3 Å². The highest BCUT2D eigenvalue weighted by Crippen LogP contribution is 2.34. The fourth-order valence-corrected chi connectivity index (χ4v) is 5.31. The molecule has 1 aliphatic heterocycles. The van der Waals surface area contributed by atoms with Crippen LogP contribution in [0.1, 0.15) is 57.3 Å². The van der Waals surface area contributed by atoms with Gasteiger partial charge >= 0.3 is 0 Å². The van der Waals surface area contributed by atoms with Gasteiger partial charge in [-0.25, -0.2) is 8.42 Å². The molecule has 1 atom stereocenters. The van der Waals surface area contributed by atoms with Crippen molar-refractivity contribution in [2.45, 2.75) is 36.1 Å². The second kappa shape index (κ2) is 7.54. The molecule has 4 rings (SSSR count). The molecule has 0 bridgehead atoms. The number of sulfone groups is 1. The maximum atomic E-state index is 13.0. The Kier molecular flexibility index (Phi) is 5.03. The van der Waals surface area contributed by atoms with Crippen molar-refractivity contribution in [3.8, 4) is 0 Å². The van der Waals surface area contributed by atoms with Gasteiger partial charge in [0, 0.05) is 16.7 Å². The van der Waals surface area contributed by atoms with Crippen molar-refractivity contribution in [1.82, 2.24) is 5.32 Å². The maximum absolute atomic E-state index is 13.0. The number of amides is 1. The van der Waals surface area contributed by atoms with Gasteiger partial charge in [0.1, 0.15) is 0 Å². The molecule has 3 aromatic carbocycles. The lowest BCUT2D eigenvalue weighted by atomic mass is 10.0. The Hall–Kier alpha value is -3.25. The summed E-state index contributed by atoms with van der Waals surface area (Å²) in [6, 6.07) is 18.1. The Balaban J connectivity index is 1.64. The molecule has 1 N–H and O–H groups in total. The summed E-state index contributed by atoms with van der Waals surface area (Å²) in [6.45, 7) is 3.95. The Morgan fingerprint density at radius 2 is 1.60 bits per heavy atom. The second-order valence-electron chi connectivity index (χ2n) is 7.33. The average Bonchev–Trinajstić information content (AvgIpc) is 2.77. The molecule has 1 unspecified atom stereocenters. The van der Waals surface area contributed by atoms with Gasteiger partial charge in [-0.05, 0) is 54.8 Å². The quantitative estimate of drug-likeness (QED) is 0.540. The monoisotopic (exact) mass is 419 g/mol. The first-order chi connectivity index (χ1) is 14.3. The number of fused-ring (bicyclic) bond motifs is 2. The number of hydrogen-bond donors (Lipinski definition) is 1. The van der Waals surface area contributed by atoms with Gasteiger partial charge in [0.05, 0.1) is 15.8 Å². The molecule has 0 saturated carbocycles. The SMILES string of the molecule is CCc1ccc(C(C)NC(=O)c2ccc3c(c2)S(=O)(=O)c2ccccc2C3=O)cc1. The van der Waals surface area contributed by atoms with Crippen LogP contribution in [0.2, 0.25) is 0 Å². The van der Waals surface area contributed by atoms with Crippen LogP contribution in [0.3, 0.4) is 0 Å². The van der Waals surface area contributed by atoms with Crippen LogP contribution in [0, 0.1) is 0 Å². The molecule has 0 fully saturated rings. The first-order valence-corrected chi connectivity index (χ1v) is 11.2. The second-order valence-corrected chi connectivity index (χ2v) is 9.22. The standard InChI is InChI=1S/C24H21NO4S/c1-3-16-8-10-17(11-9-16)15(2)25-24(27)18-12-13-20-22(14-18)30(28,29)21-7-5-4-6-19(21)23(20)26/h4-15H,3H2,1-2H3,(H,25,27). The van der Waals surface area contributed by atoms with Crippen LogP contribution >= 0.6 is 0 Å². The van der Waals surface area contributed by atoms with Crippen molar-refractivity contribution in [2.24, 2.45) is 0 Å². The van der Waals surface area contributed by atoms with Crippen molar-refractivity contribution in [3.05, 3.63) is 94.5 Å². The van der Waals surface area contributed by atoms with Gasteiger partial charge in [0.15, 0.2) is 5.78 Å². The molecule has 6 heteroatoms. The van der Waals surface area contributed by atoms with Gasteiger partial charge in [0.2, 0.25) is 9.84 Å². The van der Waals surface area contributed by atoms with Crippen LogP contribution in [0.4, 0.5) is 0 Å². The Bertz CT molecular complexity index is 1260. The number of nitrogens with one attached hydrogen (secondary N) is 1. The first kappa shape index (κ1) is 20.0. The van der Waals surface area contributed by atoms with E-state index in [2.05, 4.69) is 12.2 Å². The molecular formula is C24H21NO4S. The molecule has 1 aliphatic rings. The zero-order valence-electron chi connectivity index (χ0n) is 16.7. The lowest BCUT2D eigenvalue weighted by molar-refractivity contribution is 0.0938. The Morgan fingerprint density at radius 3 is 2.30 bits per heavy atom. The van der Waals surface area contributed by atoms with Crippen LogP contribution in [0.25, 0.3) is 0 Å². The number of ketones is 1. The summed E-state index contributed by atoms with van der Waals surface area (Å²) in [6.07, 6.45) is 0.937. The third-order valence-electron chi connectivity index (χ3n) is 5.43. The molecule has 5 nitrogen and oxygen atoms in total. The summed E-state index contributed by atoms with van der Waals surface area (Å²) < 4.78 is 26.1. The van der Waals surface area contributed by atoms with Crippen LogP contribution in [-0.4, -0.2) is 20.1 Å². The minimum atomic E-state index is -3.88. The number of rotatable bonds is 4. The zero-order chi connectivity index (χ0) is 21.5. The maximum Gasteiger partial charge on any atom is 0.251 e. The van der Waals surface area contributed by atoms with E-state index >= 15 is 0 Å². The largest absolute Gasteiger partial charge is 0.346 e. The zero-order valence-corrected chi connectivity index (χ0v) is 17.5. The van der Waals surface area contributed by atoms with Gasteiger partial charge in [-0.15, -0.1) is 0 Å². The van der Waals surface area contributed by atoms with Crippen LogP contribution in [0.15, 0.2) is 76.5 Å². The highest BCUT2D eigenvalue weighted by atomic mass is 32.2. The molecule has 1 heterocycles. The first-order valence-electron chi connectivity index (χ1n) is 9.75. The van der Waals surface area contributed by atoms with Crippen molar-refractivity contribution >= 4 is 21.5 Å². The van der Waals surface area contributed by atoms with Gasteiger partial charge in [-0.1, -0.05) is 43.3 Å². The van der Waals surface area contributed by atoms with Gasteiger partial charge in [-0.3, -0.25) is 9.59 Å². The van der Waals surface area contributed by atoms with E-state index in [1.807, 2.05) is 31.2 Å².